The number of carboxylic acids is 1. The van der Waals surface area contributed by atoms with E-state index in [4.69, 9.17) is 5.73 Å². The Labute approximate surface area is 185 Å². The highest BCUT2D eigenvalue weighted by Gasteiger charge is 2.38. The first-order valence-electron chi connectivity index (χ1n) is 10.4. The van der Waals surface area contributed by atoms with Gasteiger partial charge in [-0.05, 0) is 44.4 Å². The van der Waals surface area contributed by atoms with E-state index in [9.17, 15) is 34.5 Å². The summed E-state index contributed by atoms with van der Waals surface area (Å²) in [5, 5.41) is 33.2. The Morgan fingerprint density at radius 2 is 1.78 bits per heavy atom. The summed E-state index contributed by atoms with van der Waals surface area (Å²) in [6.45, 7) is 3.11. The second-order valence-corrected chi connectivity index (χ2v) is 7.96. The van der Waals surface area contributed by atoms with Crippen molar-refractivity contribution in [1.82, 2.24) is 15.5 Å². The number of carbonyl (C=O) groups excluding carboxylic acids is 3. The van der Waals surface area contributed by atoms with Crippen LogP contribution < -0.4 is 16.4 Å². The Morgan fingerprint density at radius 1 is 1.16 bits per heavy atom. The lowest BCUT2D eigenvalue weighted by atomic mass is 10.1. The van der Waals surface area contributed by atoms with E-state index in [1.807, 2.05) is 0 Å². The van der Waals surface area contributed by atoms with Crippen LogP contribution in [0.15, 0.2) is 24.3 Å². The maximum Gasteiger partial charge on any atom is 0.326 e. The summed E-state index contributed by atoms with van der Waals surface area (Å²) >= 11 is 0. The second-order valence-electron chi connectivity index (χ2n) is 7.96. The number of nitrogens with two attached hydrogens (primary N) is 1. The lowest BCUT2D eigenvalue weighted by Crippen LogP contribution is -2.57. The number of hydrogen-bond donors (Lipinski definition) is 6. The summed E-state index contributed by atoms with van der Waals surface area (Å²) in [5.41, 5.74) is 6.30. The monoisotopic (exact) mass is 450 g/mol. The number of carboxylic acid groups (broad SMARTS) is 1. The molecular formula is C21H30N4O7. The summed E-state index contributed by atoms with van der Waals surface area (Å²) in [6, 6.07) is 1.66. The van der Waals surface area contributed by atoms with Gasteiger partial charge in [0.05, 0.1) is 6.10 Å². The molecule has 11 nitrogen and oxygen atoms in total. The number of aliphatic hydroxyl groups is 1. The fourth-order valence-corrected chi connectivity index (χ4v) is 3.44. The molecule has 1 aromatic rings. The zero-order chi connectivity index (χ0) is 24.0. The SMILES string of the molecule is CC(NC(=O)C1CCCN1C(=O)C(N)C(C)O)C(=O)NC(Cc1ccc(O)cc1)C(=O)O. The molecule has 11 heteroatoms. The number of nitrogens with zero attached hydrogens (tertiary/aromatic N) is 1. The number of aliphatic hydroxyl groups excluding tert-OH is 1. The molecule has 5 unspecified atom stereocenters. The van der Waals surface area contributed by atoms with Crippen LogP contribution in [0.3, 0.4) is 0 Å². The highest BCUT2D eigenvalue weighted by molar-refractivity contribution is 5.94. The van der Waals surface area contributed by atoms with Crippen LogP contribution in [-0.2, 0) is 25.6 Å². The van der Waals surface area contributed by atoms with Gasteiger partial charge in [-0.3, -0.25) is 14.4 Å². The molecule has 3 amide bonds. The van der Waals surface area contributed by atoms with Gasteiger partial charge >= 0.3 is 5.97 Å². The molecule has 1 aliphatic heterocycles. The first-order chi connectivity index (χ1) is 15.0. The van der Waals surface area contributed by atoms with E-state index < -0.39 is 54.0 Å². The third-order valence-corrected chi connectivity index (χ3v) is 5.39. The van der Waals surface area contributed by atoms with Gasteiger partial charge in [-0.2, -0.15) is 0 Å². The Balaban J connectivity index is 1.97. The Morgan fingerprint density at radius 3 is 2.34 bits per heavy atom. The normalized spacial score (nSPS) is 19.5. The molecule has 7 N–H and O–H groups in total. The largest absolute Gasteiger partial charge is 0.508 e. The summed E-state index contributed by atoms with van der Waals surface area (Å²) in [5.74, 6) is -3.00. The van der Waals surface area contributed by atoms with E-state index in [0.717, 1.165) is 0 Å². The van der Waals surface area contributed by atoms with Crippen LogP contribution in [0.25, 0.3) is 0 Å². The zero-order valence-corrected chi connectivity index (χ0v) is 18.0. The van der Waals surface area contributed by atoms with Crippen LogP contribution in [0.5, 0.6) is 5.75 Å². The van der Waals surface area contributed by atoms with Gasteiger partial charge in [0.25, 0.3) is 0 Å². The van der Waals surface area contributed by atoms with E-state index in [-0.39, 0.29) is 12.2 Å². The van der Waals surface area contributed by atoms with Gasteiger partial charge in [0.15, 0.2) is 0 Å². The number of amides is 3. The zero-order valence-electron chi connectivity index (χ0n) is 18.0. The molecule has 1 fully saturated rings. The number of benzene rings is 1. The summed E-state index contributed by atoms with van der Waals surface area (Å²) in [4.78, 5) is 50.5. The van der Waals surface area contributed by atoms with Crippen molar-refractivity contribution in [1.29, 1.82) is 0 Å². The lowest BCUT2D eigenvalue weighted by Gasteiger charge is -2.28. The predicted molar refractivity (Wildman–Crippen MR) is 113 cm³/mol. The van der Waals surface area contributed by atoms with Gasteiger partial charge < -0.3 is 36.6 Å². The van der Waals surface area contributed by atoms with Crippen molar-refractivity contribution in [3.8, 4) is 5.75 Å². The molecule has 0 bridgehead atoms. The van der Waals surface area contributed by atoms with Crippen molar-refractivity contribution in [3.63, 3.8) is 0 Å². The Kier molecular flexibility index (Phi) is 8.56. The number of nitrogens with one attached hydrogen (secondary N) is 2. The molecule has 1 aromatic carbocycles. The molecule has 176 valence electrons. The third kappa shape index (κ3) is 6.41. The minimum Gasteiger partial charge on any atom is -0.508 e. The van der Waals surface area contributed by atoms with Gasteiger partial charge in [0, 0.05) is 13.0 Å². The quantitative estimate of drug-likeness (QED) is 0.268. The summed E-state index contributed by atoms with van der Waals surface area (Å²) in [6.07, 6.45) is -0.121. The van der Waals surface area contributed by atoms with E-state index in [0.29, 0.717) is 24.9 Å². The van der Waals surface area contributed by atoms with Gasteiger partial charge in [-0.25, -0.2) is 4.79 Å². The smallest absolute Gasteiger partial charge is 0.326 e. The molecule has 1 saturated heterocycles. The van der Waals surface area contributed by atoms with E-state index in [1.165, 1.54) is 30.9 Å². The number of hydrogen-bond acceptors (Lipinski definition) is 7. The molecule has 0 aromatic heterocycles. The molecule has 5 atom stereocenters. The molecular weight excluding hydrogens is 420 g/mol. The predicted octanol–water partition coefficient (Wildman–Crippen LogP) is -1.29. The average molecular weight is 450 g/mol. The number of aliphatic carboxylic acids is 1. The van der Waals surface area contributed by atoms with Crippen LogP contribution in [0, 0.1) is 0 Å². The Hall–Kier alpha value is -3.18. The lowest BCUT2D eigenvalue weighted by molar-refractivity contribution is -0.143. The average Bonchev–Trinajstić information content (AvgIpc) is 3.23. The number of carbonyl (C=O) groups is 4. The first-order valence-corrected chi connectivity index (χ1v) is 10.4. The number of phenols is 1. The number of likely N-dealkylation sites (tertiary alicyclic amines) is 1. The highest BCUT2D eigenvalue weighted by Crippen LogP contribution is 2.19. The van der Waals surface area contributed by atoms with Crippen molar-refractivity contribution in [3.05, 3.63) is 29.8 Å². The molecule has 0 spiro atoms. The van der Waals surface area contributed by atoms with Crippen LogP contribution >= 0.6 is 0 Å². The number of rotatable bonds is 9. The van der Waals surface area contributed by atoms with Crippen LogP contribution in [0.2, 0.25) is 0 Å². The van der Waals surface area contributed by atoms with Crippen molar-refractivity contribution < 1.29 is 34.5 Å². The van der Waals surface area contributed by atoms with Crippen LogP contribution in [0.1, 0.15) is 32.3 Å². The van der Waals surface area contributed by atoms with Crippen molar-refractivity contribution in [2.75, 3.05) is 6.54 Å². The molecule has 1 heterocycles. The van der Waals surface area contributed by atoms with Gasteiger partial charge in [-0.15, -0.1) is 0 Å². The third-order valence-electron chi connectivity index (χ3n) is 5.39. The van der Waals surface area contributed by atoms with Gasteiger partial charge in [0.1, 0.15) is 29.9 Å². The molecule has 0 saturated carbocycles. The minimum absolute atomic E-state index is 0.00976. The van der Waals surface area contributed by atoms with Crippen LogP contribution in [0.4, 0.5) is 0 Å². The molecule has 0 radical (unpaired) electrons. The minimum atomic E-state index is -1.25. The Bertz CT molecular complexity index is 843. The fourth-order valence-electron chi connectivity index (χ4n) is 3.44. The van der Waals surface area contributed by atoms with Gasteiger partial charge in [0.2, 0.25) is 17.7 Å². The molecule has 0 aliphatic carbocycles. The second kappa shape index (κ2) is 10.9. The van der Waals surface area contributed by atoms with Crippen molar-refractivity contribution >= 4 is 23.7 Å². The molecule has 2 rings (SSSR count). The fraction of sp³-hybridized carbons (Fsp3) is 0.524. The van der Waals surface area contributed by atoms with E-state index >= 15 is 0 Å². The summed E-state index contributed by atoms with van der Waals surface area (Å²) < 4.78 is 0. The van der Waals surface area contributed by atoms with Crippen molar-refractivity contribution in [2.45, 2.75) is 63.4 Å². The van der Waals surface area contributed by atoms with E-state index in [1.54, 1.807) is 12.1 Å². The summed E-state index contributed by atoms with van der Waals surface area (Å²) in [7, 11) is 0. The molecule has 32 heavy (non-hydrogen) atoms. The maximum atomic E-state index is 12.7. The van der Waals surface area contributed by atoms with Crippen LogP contribution in [-0.4, -0.2) is 80.7 Å². The highest BCUT2D eigenvalue weighted by atomic mass is 16.4. The number of phenolic OH excluding ortho intramolecular Hbond substituents is 1. The maximum absolute atomic E-state index is 12.7. The number of aromatic hydroxyl groups is 1. The van der Waals surface area contributed by atoms with E-state index in [2.05, 4.69) is 10.6 Å². The van der Waals surface area contributed by atoms with Crippen molar-refractivity contribution in [2.24, 2.45) is 5.73 Å². The molecule has 1 aliphatic rings. The first kappa shape index (κ1) is 25.1. The van der Waals surface area contributed by atoms with Gasteiger partial charge in [-0.1, -0.05) is 12.1 Å². The topological polar surface area (TPSA) is 182 Å². The standard InChI is InChI=1S/C21H30N4O7/c1-11(18(28)24-15(21(31)32)10-13-5-7-14(27)8-6-13)23-19(29)16-4-3-9-25(16)20(30)17(22)12(2)26/h5-8,11-12,15-17,26-27H,3-4,9-10,22H2,1-2H3,(H,23,29)(H,24,28)(H,31,32).